The van der Waals surface area contributed by atoms with Gasteiger partial charge in [-0.2, -0.15) is 0 Å². The number of aromatic nitrogens is 2. The average molecular weight is 236 g/mol. The van der Waals surface area contributed by atoms with Gasteiger partial charge in [-0.1, -0.05) is 5.16 Å². The van der Waals surface area contributed by atoms with E-state index in [0.29, 0.717) is 10.6 Å². The lowest BCUT2D eigenvalue weighted by Crippen LogP contribution is -1.98. The summed E-state index contributed by atoms with van der Waals surface area (Å²) in [5.41, 5.74) is 0.688. The fraction of sp³-hybridized carbons (Fsp3) is 0.100. The zero-order valence-corrected chi connectivity index (χ0v) is 9.19. The van der Waals surface area contributed by atoms with Gasteiger partial charge in [-0.15, -0.1) is 11.8 Å². The normalized spacial score (nSPS) is 10.3. The topological polar surface area (TPSA) is 76.2 Å². The number of carboxylic acids is 1. The number of aromatic carboxylic acids is 1. The van der Waals surface area contributed by atoms with Gasteiger partial charge in [0.25, 0.3) is 0 Å². The van der Waals surface area contributed by atoms with Gasteiger partial charge < -0.3 is 9.63 Å². The van der Waals surface area contributed by atoms with Crippen LogP contribution >= 0.6 is 11.8 Å². The van der Waals surface area contributed by atoms with Crippen LogP contribution in [0.4, 0.5) is 0 Å². The average Bonchev–Trinajstić information content (AvgIpc) is 2.73. The SMILES string of the molecule is CSc1noc(-c2cccnc2)c1C(=O)O. The molecule has 2 aromatic heterocycles. The van der Waals surface area contributed by atoms with Gasteiger partial charge in [-0.05, 0) is 18.4 Å². The van der Waals surface area contributed by atoms with Crippen LogP contribution in [0.1, 0.15) is 10.4 Å². The monoisotopic (exact) mass is 236 g/mol. The third kappa shape index (κ3) is 1.79. The largest absolute Gasteiger partial charge is 0.477 e. The molecule has 0 saturated carbocycles. The van der Waals surface area contributed by atoms with Crippen molar-refractivity contribution in [2.75, 3.05) is 6.26 Å². The van der Waals surface area contributed by atoms with Crippen LogP contribution in [0.3, 0.4) is 0 Å². The molecular formula is C10H8N2O3S. The zero-order valence-electron chi connectivity index (χ0n) is 8.38. The second-order valence-corrected chi connectivity index (χ2v) is 3.74. The molecule has 0 atom stereocenters. The molecule has 2 aromatic rings. The van der Waals surface area contributed by atoms with E-state index >= 15 is 0 Å². The second kappa shape index (κ2) is 4.36. The molecule has 2 rings (SSSR count). The number of rotatable bonds is 3. The third-order valence-corrected chi connectivity index (χ3v) is 2.66. The summed E-state index contributed by atoms with van der Waals surface area (Å²) in [6.07, 6.45) is 4.89. The van der Waals surface area contributed by atoms with Crippen LogP contribution in [0.2, 0.25) is 0 Å². The van der Waals surface area contributed by atoms with Gasteiger partial charge in [0.1, 0.15) is 5.56 Å². The smallest absolute Gasteiger partial charge is 0.342 e. The van der Waals surface area contributed by atoms with Crippen molar-refractivity contribution in [3.8, 4) is 11.3 Å². The predicted octanol–water partition coefficient (Wildman–Crippen LogP) is 2.16. The first-order valence-corrected chi connectivity index (χ1v) is 5.64. The van der Waals surface area contributed by atoms with E-state index in [1.54, 1.807) is 24.6 Å². The summed E-state index contributed by atoms with van der Waals surface area (Å²) < 4.78 is 5.04. The van der Waals surface area contributed by atoms with Crippen molar-refractivity contribution in [2.24, 2.45) is 0 Å². The summed E-state index contributed by atoms with van der Waals surface area (Å²) in [7, 11) is 0. The minimum absolute atomic E-state index is 0.0838. The number of thioether (sulfide) groups is 1. The minimum atomic E-state index is -1.05. The molecule has 0 bridgehead atoms. The minimum Gasteiger partial charge on any atom is -0.477 e. The first kappa shape index (κ1) is 10.7. The molecule has 82 valence electrons. The first-order chi connectivity index (χ1) is 7.74. The summed E-state index contributed by atoms with van der Waals surface area (Å²) in [6.45, 7) is 0. The molecule has 0 amide bonds. The van der Waals surface area contributed by atoms with Crippen LogP contribution in [0, 0.1) is 0 Å². The number of carboxylic acid groups (broad SMARTS) is 1. The fourth-order valence-corrected chi connectivity index (χ4v) is 1.79. The highest BCUT2D eigenvalue weighted by atomic mass is 32.2. The number of pyridine rings is 1. The Balaban J connectivity index is 2.58. The van der Waals surface area contributed by atoms with Crippen molar-refractivity contribution in [1.82, 2.24) is 10.1 Å². The predicted molar refractivity (Wildman–Crippen MR) is 58.5 cm³/mol. The molecule has 2 heterocycles. The maximum Gasteiger partial charge on any atom is 0.342 e. The van der Waals surface area contributed by atoms with Gasteiger partial charge in [0.15, 0.2) is 10.8 Å². The summed E-state index contributed by atoms with van der Waals surface area (Å²) in [5, 5.41) is 13.2. The Morgan fingerprint density at radius 1 is 1.56 bits per heavy atom. The Bertz CT molecular complexity index is 510. The Hall–Kier alpha value is -1.82. The van der Waals surface area contributed by atoms with Crippen molar-refractivity contribution in [3.05, 3.63) is 30.1 Å². The van der Waals surface area contributed by atoms with Gasteiger partial charge in [-0.25, -0.2) is 4.79 Å². The van der Waals surface area contributed by atoms with E-state index in [1.807, 2.05) is 0 Å². The van der Waals surface area contributed by atoms with Gasteiger partial charge in [0, 0.05) is 18.0 Å². The van der Waals surface area contributed by atoms with Crippen molar-refractivity contribution in [2.45, 2.75) is 5.03 Å². The molecule has 0 radical (unpaired) electrons. The van der Waals surface area contributed by atoms with E-state index < -0.39 is 5.97 Å². The van der Waals surface area contributed by atoms with Gasteiger partial charge >= 0.3 is 5.97 Å². The summed E-state index contributed by atoms with van der Waals surface area (Å²) in [5.74, 6) is -0.811. The molecule has 5 nitrogen and oxygen atoms in total. The summed E-state index contributed by atoms with van der Waals surface area (Å²) in [4.78, 5) is 15.0. The molecule has 0 spiro atoms. The van der Waals surface area contributed by atoms with E-state index in [2.05, 4.69) is 10.1 Å². The molecule has 6 heteroatoms. The van der Waals surface area contributed by atoms with E-state index in [1.165, 1.54) is 18.0 Å². The van der Waals surface area contributed by atoms with Gasteiger partial charge in [0.05, 0.1) is 0 Å². The number of carbonyl (C=O) groups is 1. The highest BCUT2D eigenvalue weighted by molar-refractivity contribution is 7.98. The number of nitrogens with zero attached hydrogens (tertiary/aromatic N) is 2. The Kier molecular flexibility index (Phi) is 2.91. The molecule has 0 fully saturated rings. The molecule has 16 heavy (non-hydrogen) atoms. The molecule has 0 aromatic carbocycles. The highest BCUT2D eigenvalue weighted by Crippen LogP contribution is 2.30. The molecule has 0 saturated heterocycles. The van der Waals surface area contributed by atoms with Crippen molar-refractivity contribution >= 4 is 17.7 Å². The quantitative estimate of drug-likeness (QED) is 0.823. The highest BCUT2D eigenvalue weighted by Gasteiger charge is 2.23. The lowest BCUT2D eigenvalue weighted by atomic mass is 10.1. The Morgan fingerprint density at radius 3 is 2.94 bits per heavy atom. The number of hydrogen-bond donors (Lipinski definition) is 1. The van der Waals surface area contributed by atoms with E-state index in [0.717, 1.165) is 0 Å². The lowest BCUT2D eigenvalue weighted by Gasteiger charge is -1.96. The molecule has 0 unspecified atom stereocenters. The summed E-state index contributed by atoms with van der Waals surface area (Å²) >= 11 is 1.23. The van der Waals surface area contributed by atoms with Gasteiger partial charge in [-0.3, -0.25) is 4.98 Å². The fourth-order valence-electron chi connectivity index (χ4n) is 1.30. The maximum absolute atomic E-state index is 11.1. The molecule has 0 aliphatic carbocycles. The molecule has 0 aliphatic heterocycles. The standard InChI is InChI=1S/C10H8N2O3S/c1-16-9-7(10(13)14)8(15-12-9)6-3-2-4-11-5-6/h2-5H,1H3,(H,13,14). The van der Waals surface area contributed by atoms with E-state index in [9.17, 15) is 4.79 Å². The third-order valence-electron chi connectivity index (χ3n) is 1.99. The first-order valence-electron chi connectivity index (χ1n) is 4.41. The van der Waals surface area contributed by atoms with Crippen molar-refractivity contribution in [3.63, 3.8) is 0 Å². The van der Waals surface area contributed by atoms with Crippen LogP contribution in [0.15, 0.2) is 34.1 Å². The van der Waals surface area contributed by atoms with Crippen LogP contribution in [0.25, 0.3) is 11.3 Å². The number of hydrogen-bond acceptors (Lipinski definition) is 5. The van der Waals surface area contributed by atoms with E-state index in [-0.39, 0.29) is 11.3 Å². The van der Waals surface area contributed by atoms with Crippen molar-refractivity contribution in [1.29, 1.82) is 0 Å². The Morgan fingerprint density at radius 2 is 2.38 bits per heavy atom. The Labute approximate surface area is 95.5 Å². The van der Waals surface area contributed by atoms with Gasteiger partial charge in [0.2, 0.25) is 0 Å². The molecule has 0 aliphatic rings. The zero-order chi connectivity index (χ0) is 11.5. The molecular weight excluding hydrogens is 228 g/mol. The van der Waals surface area contributed by atoms with Crippen molar-refractivity contribution < 1.29 is 14.4 Å². The van der Waals surface area contributed by atoms with Crippen LogP contribution in [0.5, 0.6) is 0 Å². The lowest BCUT2D eigenvalue weighted by molar-refractivity contribution is 0.0694. The van der Waals surface area contributed by atoms with Crippen LogP contribution < -0.4 is 0 Å². The molecule has 1 N–H and O–H groups in total. The van der Waals surface area contributed by atoms with Crippen LogP contribution in [-0.2, 0) is 0 Å². The summed E-state index contributed by atoms with van der Waals surface area (Å²) in [6, 6.07) is 3.44. The van der Waals surface area contributed by atoms with E-state index in [4.69, 9.17) is 9.63 Å². The van der Waals surface area contributed by atoms with Crippen LogP contribution in [-0.4, -0.2) is 27.5 Å². The second-order valence-electron chi connectivity index (χ2n) is 2.94. The maximum atomic E-state index is 11.1.